The second-order valence-corrected chi connectivity index (χ2v) is 6.71. The van der Waals surface area contributed by atoms with Crippen molar-refractivity contribution in [2.24, 2.45) is 0 Å². The molecule has 0 aliphatic heterocycles. The molecular formula is C17H16ClN5OS. The fourth-order valence-corrected chi connectivity index (χ4v) is 3.40. The fourth-order valence-electron chi connectivity index (χ4n) is 2.26. The zero-order valence-corrected chi connectivity index (χ0v) is 15.3. The molecule has 3 rings (SSSR count). The number of halogens is 1. The summed E-state index contributed by atoms with van der Waals surface area (Å²) in [5.74, 6) is 0.139. The second kappa shape index (κ2) is 7.58. The van der Waals surface area contributed by atoms with Gasteiger partial charge in [0.25, 0.3) is 0 Å². The van der Waals surface area contributed by atoms with Gasteiger partial charge in [0, 0.05) is 22.3 Å². The lowest BCUT2D eigenvalue weighted by molar-refractivity contribution is -0.120. The zero-order valence-electron chi connectivity index (χ0n) is 13.7. The number of hydrazine groups is 1. The SMILES string of the molecule is Cc1cc(C)nc(NNC(=O)Cc2csc(-c3ccccc3Cl)n2)n1. The fraction of sp³-hybridized carbons (Fsp3) is 0.176. The summed E-state index contributed by atoms with van der Waals surface area (Å²) in [5.41, 5.74) is 8.51. The van der Waals surface area contributed by atoms with Crippen molar-refractivity contribution in [3.05, 3.63) is 57.8 Å². The Bertz CT molecular complexity index is 891. The Labute approximate surface area is 154 Å². The molecule has 25 heavy (non-hydrogen) atoms. The van der Waals surface area contributed by atoms with Crippen LogP contribution in [-0.2, 0) is 11.2 Å². The van der Waals surface area contributed by atoms with E-state index < -0.39 is 0 Å². The van der Waals surface area contributed by atoms with Crippen molar-refractivity contribution in [2.45, 2.75) is 20.3 Å². The maximum Gasteiger partial charge on any atom is 0.244 e. The van der Waals surface area contributed by atoms with Crippen molar-refractivity contribution in [3.63, 3.8) is 0 Å². The lowest BCUT2D eigenvalue weighted by atomic mass is 10.2. The number of hydrogen-bond acceptors (Lipinski definition) is 6. The number of amides is 1. The number of benzene rings is 1. The molecule has 0 fully saturated rings. The van der Waals surface area contributed by atoms with E-state index in [2.05, 4.69) is 25.8 Å². The van der Waals surface area contributed by atoms with Crippen molar-refractivity contribution >= 4 is 34.8 Å². The molecule has 2 heterocycles. The zero-order chi connectivity index (χ0) is 17.8. The Morgan fingerprint density at radius 2 is 1.88 bits per heavy atom. The van der Waals surface area contributed by atoms with Gasteiger partial charge in [0.15, 0.2) is 0 Å². The first kappa shape index (κ1) is 17.3. The highest BCUT2D eigenvalue weighted by Crippen LogP contribution is 2.30. The van der Waals surface area contributed by atoms with E-state index in [4.69, 9.17) is 11.6 Å². The van der Waals surface area contributed by atoms with Gasteiger partial charge in [-0.05, 0) is 26.0 Å². The molecule has 128 valence electrons. The maximum atomic E-state index is 12.1. The van der Waals surface area contributed by atoms with E-state index in [1.165, 1.54) is 11.3 Å². The molecule has 1 amide bonds. The number of thiazole rings is 1. The van der Waals surface area contributed by atoms with Gasteiger partial charge in [-0.15, -0.1) is 11.3 Å². The van der Waals surface area contributed by atoms with E-state index in [-0.39, 0.29) is 12.3 Å². The summed E-state index contributed by atoms with van der Waals surface area (Å²) < 4.78 is 0. The third-order valence-corrected chi connectivity index (χ3v) is 4.55. The van der Waals surface area contributed by atoms with Gasteiger partial charge >= 0.3 is 0 Å². The third-order valence-electron chi connectivity index (χ3n) is 3.29. The van der Waals surface area contributed by atoms with Gasteiger partial charge in [0.1, 0.15) is 5.01 Å². The molecule has 6 nitrogen and oxygen atoms in total. The molecule has 8 heteroatoms. The molecular weight excluding hydrogens is 358 g/mol. The Hall–Kier alpha value is -2.51. The summed E-state index contributed by atoms with van der Waals surface area (Å²) in [7, 11) is 0. The van der Waals surface area contributed by atoms with Crippen LogP contribution in [0.4, 0.5) is 5.95 Å². The Kier molecular flexibility index (Phi) is 5.25. The van der Waals surface area contributed by atoms with Crippen LogP contribution in [0.3, 0.4) is 0 Å². The van der Waals surface area contributed by atoms with Crippen molar-refractivity contribution in [1.29, 1.82) is 0 Å². The number of aromatic nitrogens is 3. The van der Waals surface area contributed by atoms with Crippen molar-refractivity contribution in [2.75, 3.05) is 5.43 Å². The Balaban J connectivity index is 1.61. The standard InChI is InChI=1S/C17H16ClN5OS/c1-10-7-11(2)20-17(19-10)23-22-15(24)8-12-9-25-16(21-12)13-5-3-4-6-14(13)18/h3-7,9H,8H2,1-2H3,(H,22,24)(H,19,20,23). The normalized spacial score (nSPS) is 10.5. The smallest absolute Gasteiger partial charge is 0.244 e. The molecule has 0 aliphatic rings. The molecule has 0 aliphatic carbocycles. The van der Waals surface area contributed by atoms with Crippen LogP contribution < -0.4 is 10.9 Å². The number of hydrogen-bond donors (Lipinski definition) is 2. The van der Waals surface area contributed by atoms with E-state index in [9.17, 15) is 4.79 Å². The Morgan fingerprint density at radius 3 is 2.60 bits per heavy atom. The van der Waals surface area contributed by atoms with Crippen molar-refractivity contribution in [3.8, 4) is 10.6 Å². The summed E-state index contributed by atoms with van der Waals surface area (Å²) in [5, 5.41) is 3.28. The molecule has 0 bridgehead atoms. The van der Waals surface area contributed by atoms with Crippen molar-refractivity contribution < 1.29 is 4.79 Å². The van der Waals surface area contributed by atoms with Crippen LogP contribution in [0.15, 0.2) is 35.7 Å². The van der Waals surface area contributed by atoms with E-state index in [1.807, 2.05) is 49.6 Å². The predicted molar refractivity (Wildman–Crippen MR) is 99.5 cm³/mol. The molecule has 0 atom stereocenters. The van der Waals surface area contributed by atoms with E-state index in [1.54, 1.807) is 0 Å². The lowest BCUT2D eigenvalue weighted by Gasteiger charge is -2.07. The molecule has 0 radical (unpaired) electrons. The van der Waals surface area contributed by atoms with Crippen LogP contribution in [0.25, 0.3) is 10.6 Å². The highest BCUT2D eigenvalue weighted by molar-refractivity contribution is 7.13. The number of aryl methyl sites for hydroxylation is 2. The summed E-state index contributed by atoms with van der Waals surface area (Å²) in [4.78, 5) is 25.0. The minimum Gasteiger partial charge on any atom is -0.273 e. The molecule has 2 N–H and O–H groups in total. The third kappa shape index (κ3) is 4.52. The number of carbonyl (C=O) groups is 1. The van der Waals surface area contributed by atoms with Crippen LogP contribution in [-0.4, -0.2) is 20.9 Å². The van der Waals surface area contributed by atoms with Gasteiger partial charge in [0.2, 0.25) is 11.9 Å². The minimum atomic E-state index is -0.223. The predicted octanol–water partition coefficient (Wildman–Crippen LogP) is 3.56. The average Bonchev–Trinajstić information content (AvgIpc) is 3.01. The summed E-state index contributed by atoms with van der Waals surface area (Å²) in [6, 6.07) is 9.36. The Morgan fingerprint density at radius 1 is 1.16 bits per heavy atom. The quantitative estimate of drug-likeness (QED) is 0.668. The first-order valence-electron chi connectivity index (χ1n) is 7.58. The van der Waals surface area contributed by atoms with Gasteiger partial charge in [0.05, 0.1) is 17.1 Å². The molecule has 0 saturated heterocycles. The van der Waals surface area contributed by atoms with E-state index in [0.29, 0.717) is 16.7 Å². The highest BCUT2D eigenvalue weighted by atomic mass is 35.5. The molecule has 3 aromatic rings. The maximum absolute atomic E-state index is 12.1. The molecule has 0 saturated carbocycles. The molecule has 2 aromatic heterocycles. The summed E-state index contributed by atoms with van der Waals surface area (Å²) in [6.07, 6.45) is 0.152. The van der Waals surface area contributed by atoms with Gasteiger partial charge in [-0.25, -0.2) is 15.0 Å². The van der Waals surface area contributed by atoms with Crippen LogP contribution in [0, 0.1) is 13.8 Å². The van der Waals surface area contributed by atoms with Crippen molar-refractivity contribution in [1.82, 2.24) is 20.4 Å². The second-order valence-electron chi connectivity index (χ2n) is 5.45. The van der Waals surface area contributed by atoms with Gasteiger partial charge < -0.3 is 0 Å². The molecule has 0 spiro atoms. The number of carbonyl (C=O) groups excluding carboxylic acids is 1. The van der Waals surface area contributed by atoms with Crippen LogP contribution in [0.2, 0.25) is 5.02 Å². The number of rotatable bonds is 5. The van der Waals surface area contributed by atoms with Crippen LogP contribution in [0.5, 0.6) is 0 Å². The molecule has 1 aromatic carbocycles. The van der Waals surface area contributed by atoms with Gasteiger partial charge in [-0.2, -0.15) is 0 Å². The number of nitrogens with zero attached hydrogens (tertiary/aromatic N) is 3. The van der Waals surface area contributed by atoms with Gasteiger partial charge in [-0.1, -0.05) is 29.8 Å². The minimum absolute atomic E-state index is 0.152. The largest absolute Gasteiger partial charge is 0.273 e. The van der Waals surface area contributed by atoms with Crippen LogP contribution in [0.1, 0.15) is 17.1 Å². The monoisotopic (exact) mass is 373 g/mol. The average molecular weight is 374 g/mol. The van der Waals surface area contributed by atoms with E-state index >= 15 is 0 Å². The summed E-state index contributed by atoms with van der Waals surface area (Å²) >= 11 is 7.64. The topological polar surface area (TPSA) is 79.8 Å². The molecule has 0 unspecified atom stereocenters. The van der Waals surface area contributed by atoms with Crippen LogP contribution >= 0.6 is 22.9 Å². The lowest BCUT2D eigenvalue weighted by Crippen LogP contribution is -2.31. The van der Waals surface area contributed by atoms with Gasteiger partial charge in [-0.3, -0.25) is 15.6 Å². The number of anilines is 1. The first-order valence-corrected chi connectivity index (χ1v) is 8.83. The first-order chi connectivity index (χ1) is 12.0. The number of nitrogens with one attached hydrogen (secondary N) is 2. The highest BCUT2D eigenvalue weighted by Gasteiger charge is 2.11. The van der Waals surface area contributed by atoms with E-state index in [0.717, 1.165) is 22.0 Å². The summed E-state index contributed by atoms with van der Waals surface area (Å²) in [6.45, 7) is 3.74.